The van der Waals surface area contributed by atoms with E-state index in [9.17, 15) is 0 Å². The summed E-state index contributed by atoms with van der Waals surface area (Å²) in [6.07, 6.45) is 6.33. The smallest absolute Gasteiger partial charge is 0.377 e. The maximum Gasteiger partial charge on any atom is 0.503 e. The Morgan fingerprint density at radius 2 is 1.64 bits per heavy atom. The molecular weight excluding hydrogens is 196 g/mol. The van der Waals surface area contributed by atoms with Crippen molar-refractivity contribution in [2.75, 3.05) is 20.8 Å². The SMILES string of the molecule is CCO[Si](OC)(OC)C1CCCCC1. The Morgan fingerprint density at radius 1 is 1.07 bits per heavy atom. The highest BCUT2D eigenvalue weighted by Gasteiger charge is 2.47. The molecule has 0 spiro atoms. The van der Waals surface area contributed by atoms with E-state index in [1.807, 2.05) is 6.92 Å². The standard InChI is InChI=1S/C10H22O3Si/c1-4-13-14(11-2,12-3)10-8-6-5-7-9-10/h10H,4-9H2,1-3H3. The topological polar surface area (TPSA) is 27.7 Å². The third-order valence-electron chi connectivity index (χ3n) is 3.02. The summed E-state index contributed by atoms with van der Waals surface area (Å²) >= 11 is 0. The first-order valence-electron chi connectivity index (χ1n) is 5.53. The Labute approximate surface area is 88.1 Å². The Kier molecular flexibility index (Phi) is 5.09. The zero-order valence-electron chi connectivity index (χ0n) is 9.54. The number of hydrogen-bond acceptors (Lipinski definition) is 3. The van der Waals surface area contributed by atoms with Gasteiger partial charge in [-0.1, -0.05) is 19.3 Å². The van der Waals surface area contributed by atoms with Gasteiger partial charge in [0.25, 0.3) is 0 Å². The fourth-order valence-electron chi connectivity index (χ4n) is 2.31. The van der Waals surface area contributed by atoms with E-state index in [0.29, 0.717) is 12.1 Å². The second-order valence-corrected chi connectivity index (χ2v) is 6.91. The molecule has 0 amide bonds. The van der Waals surface area contributed by atoms with Crippen molar-refractivity contribution >= 4 is 8.80 Å². The molecule has 0 unspecified atom stereocenters. The van der Waals surface area contributed by atoms with Crippen molar-refractivity contribution < 1.29 is 13.3 Å². The lowest BCUT2D eigenvalue weighted by Gasteiger charge is -2.35. The molecule has 0 heterocycles. The lowest BCUT2D eigenvalue weighted by Crippen LogP contribution is -2.49. The molecule has 0 N–H and O–H groups in total. The van der Waals surface area contributed by atoms with E-state index < -0.39 is 8.80 Å². The van der Waals surface area contributed by atoms with Crippen LogP contribution in [0.5, 0.6) is 0 Å². The van der Waals surface area contributed by atoms with Crippen LogP contribution in [0.2, 0.25) is 5.54 Å². The highest BCUT2D eigenvalue weighted by Crippen LogP contribution is 2.38. The van der Waals surface area contributed by atoms with Crippen LogP contribution in [0.15, 0.2) is 0 Å². The van der Waals surface area contributed by atoms with Crippen molar-refractivity contribution in [3.63, 3.8) is 0 Å². The fourth-order valence-corrected chi connectivity index (χ4v) is 5.13. The summed E-state index contributed by atoms with van der Waals surface area (Å²) in [7, 11) is 1.10. The molecule has 0 aromatic heterocycles. The average Bonchev–Trinajstić information content (AvgIpc) is 2.27. The quantitative estimate of drug-likeness (QED) is 0.664. The van der Waals surface area contributed by atoms with E-state index >= 15 is 0 Å². The highest BCUT2D eigenvalue weighted by atomic mass is 28.4. The minimum absolute atomic E-state index is 0.520. The first kappa shape index (κ1) is 12.2. The van der Waals surface area contributed by atoms with Crippen molar-refractivity contribution in [2.45, 2.75) is 44.6 Å². The van der Waals surface area contributed by atoms with Gasteiger partial charge in [-0.15, -0.1) is 0 Å². The Balaban J connectivity index is 2.62. The molecule has 0 aromatic carbocycles. The maximum absolute atomic E-state index is 5.76. The average molecular weight is 218 g/mol. The molecule has 0 aromatic rings. The molecule has 1 saturated carbocycles. The van der Waals surface area contributed by atoms with Crippen molar-refractivity contribution in [1.82, 2.24) is 0 Å². The van der Waals surface area contributed by atoms with E-state index in [1.54, 1.807) is 14.2 Å². The van der Waals surface area contributed by atoms with Gasteiger partial charge < -0.3 is 13.3 Å². The lowest BCUT2D eigenvalue weighted by molar-refractivity contribution is 0.0864. The van der Waals surface area contributed by atoms with Crippen LogP contribution in [0.4, 0.5) is 0 Å². The number of hydrogen-bond donors (Lipinski definition) is 0. The lowest BCUT2D eigenvalue weighted by atomic mass is 10.0. The summed E-state index contributed by atoms with van der Waals surface area (Å²) in [6, 6.07) is 0. The molecule has 4 heteroatoms. The monoisotopic (exact) mass is 218 g/mol. The predicted molar refractivity (Wildman–Crippen MR) is 58.2 cm³/mol. The van der Waals surface area contributed by atoms with Gasteiger partial charge in [0.15, 0.2) is 0 Å². The molecule has 1 fully saturated rings. The molecular formula is C10H22O3Si. The van der Waals surface area contributed by atoms with E-state index in [4.69, 9.17) is 13.3 Å². The summed E-state index contributed by atoms with van der Waals surface area (Å²) < 4.78 is 16.9. The van der Waals surface area contributed by atoms with Gasteiger partial charge in [-0.05, 0) is 19.8 Å². The van der Waals surface area contributed by atoms with Gasteiger partial charge in [0.2, 0.25) is 0 Å². The van der Waals surface area contributed by atoms with Crippen LogP contribution in [-0.2, 0) is 13.3 Å². The number of rotatable bonds is 5. The second kappa shape index (κ2) is 5.85. The second-order valence-electron chi connectivity index (χ2n) is 3.78. The summed E-state index contributed by atoms with van der Waals surface area (Å²) in [5, 5.41) is 0. The molecule has 3 nitrogen and oxygen atoms in total. The molecule has 1 rings (SSSR count). The Bertz CT molecular complexity index is 153. The Morgan fingerprint density at radius 3 is 2.07 bits per heavy atom. The molecule has 0 saturated heterocycles. The van der Waals surface area contributed by atoms with Gasteiger partial charge >= 0.3 is 8.80 Å². The van der Waals surface area contributed by atoms with Gasteiger partial charge in [-0.25, -0.2) is 0 Å². The van der Waals surface area contributed by atoms with E-state index in [1.165, 1.54) is 32.1 Å². The van der Waals surface area contributed by atoms with Gasteiger partial charge in [0.1, 0.15) is 0 Å². The third-order valence-corrected chi connectivity index (χ3v) is 6.43. The Hall–Kier alpha value is 0.0969. The van der Waals surface area contributed by atoms with Crippen molar-refractivity contribution in [2.24, 2.45) is 0 Å². The minimum Gasteiger partial charge on any atom is -0.377 e. The van der Waals surface area contributed by atoms with Crippen molar-refractivity contribution in [3.8, 4) is 0 Å². The van der Waals surface area contributed by atoms with Crippen LogP contribution in [-0.4, -0.2) is 29.6 Å². The van der Waals surface area contributed by atoms with Gasteiger partial charge in [-0.3, -0.25) is 0 Å². The predicted octanol–water partition coefficient (Wildman–Crippen LogP) is 2.59. The van der Waals surface area contributed by atoms with Crippen LogP contribution in [0.3, 0.4) is 0 Å². The fraction of sp³-hybridized carbons (Fsp3) is 1.00. The van der Waals surface area contributed by atoms with E-state index in [0.717, 1.165) is 0 Å². The third kappa shape index (κ3) is 2.57. The molecule has 0 atom stereocenters. The summed E-state index contributed by atoms with van der Waals surface area (Å²) in [4.78, 5) is 0. The van der Waals surface area contributed by atoms with Crippen LogP contribution < -0.4 is 0 Å². The van der Waals surface area contributed by atoms with Crippen molar-refractivity contribution in [1.29, 1.82) is 0 Å². The molecule has 0 bridgehead atoms. The first-order chi connectivity index (χ1) is 6.79. The molecule has 0 radical (unpaired) electrons. The van der Waals surface area contributed by atoms with Gasteiger partial charge in [-0.2, -0.15) is 0 Å². The maximum atomic E-state index is 5.76. The van der Waals surface area contributed by atoms with Crippen molar-refractivity contribution in [3.05, 3.63) is 0 Å². The minimum atomic E-state index is -2.34. The van der Waals surface area contributed by atoms with Crippen LogP contribution in [0.1, 0.15) is 39.0 Å². The van der Waals surface area contributed by atoms with E-state index in [2.05, 4.69) is 0 Å². The zero-order chi connectivity index (χ0) is 10.4. The summed E-state index contributed by atoms with van der Waals surface area (Å²) in [5.74, 6) is 0. The van der Waals surface area contributed by atoms with Crippen LogP contribution >= 0.6 is 0 Å². The molecule has 1 aliphatic rings. The summed E-state index contributed by atoms with van der Waals surface area (Å²) in [6.45, 7) is 2.69. The normalized spacial score (nSPS) is 19.9. The van der Waals surface area contributed by atoms with Crippen LogP contribution in [0.25, 0.3) is 0 Å². The molecule has 1 aliphatic carbocycles. The largest absolute Gasteiger partial charge is 0.503 e. The van der Waals surface area contributed by atoms with Gasteiger partial charge in [0.05, 0.1) is 0 Å². The molecule has 84 valence electrons. The summed E-state index contributed by atoms with van der Waals surface area (Å²) in [5.41, 5.74) is 0.520. The highest BCUT2D eigenvalue weighted by molar-refractivity contribution is 6.62. The van der Waals surface area contributed by atoms with Crippen LogP contribution in [0, 0.1) is 0 Å². The van der Waals surface area contributed by atoms with Gasteiger partial charge in [0, 0.05) is 26.4 Å². The zero-order valence-corrected chi connectivity index (χ0v) is 10.5. The molecule has 0 aliphatic heterocycles. The first-order valence-corrected chi connectivity index (χ1v) is 7.33. The molecule has 14 heavy (non-hydrogen) atoms. The van der Waals surface area contributed by atoms with E-state index in [-0.39, 0.29) is 0 Å².